The quantitative estimate of drug-likeness (QED) is 0.687. The van der Waals surface area contributed by atoms with Gasteiger partial charge in [-0.25, -0.2) is 0 Å². The fourth-order valence-corrected chi connectivity index (χ4v) is 2.76. The lowest BCUT2D eigenvalue weighted by atomic mass is 9.75. The molecule has 0 aliphatic heterocycles. The maximum Gasteiger partial charge on any atom is 0.156 e. The van der Waals surface area contributed by atoms with Gasteiger partial charge in [-0.1, -0.05) is 19.9 Å². The molecule has 74 valence electrons. The fourth-order valence-electron chi connectivity index (χ4n) is 1.84. The van der Waals surface area contributed by atoms with E-state index in [1.807, 2.05) is 12.1 Å². The lowest BCUT2D eigenvalue weighted by Crippen LogP contribution is -2.20. The topological polar surface area (TPSA) is 17.1 Å². The van der Waals surface area contributed by atoms with Crippen LogP contribution in [-0.2, 0) is 4.79 Å². The fraction of sp³-hybridized carbons (Fsp3) is 0.417. The number of thiophene rings is 1. The number of hydrogen-bond donors (Lipinski definition) is 0. The molecule has 0 aromatic carbocycles. The average Bonchev–Trinajstić information content (AvgIpc) is 2.62. The van der Waals surface area contributed by atoms with Gasteiger partial charge in [-0.15, -0.1) is 11.3 Å². The molecule has 14 heavy (non-hydrogen) atoms. The van der Waals surface area contributed by atoms with Crippen LogP contribution in [0.4, 0.5) is 0 Å². The van der Waals surface area contributed by atoms with Crippen molar-refractivity contribution in [1.29, 1.82) is 0 Å². The van der Waals surface area contributed by atoms with Crippen LogP contribution < -0.4 is 0 Å². The van der Waals surface area contributed by atoms with Crippen molar-refractivity contribution in [3.8, 4) is 0 Å². The van der Waals surface area contributed by atoms with Gasteiger partial charge in [0.15, 0.2) is 5.78 Å². The van der Waals surface area contributed by atoms with E-state index in [1.165, 1.54) is 10.5 Å². The number of carbonyl (C=O) groups excluding carboxylic acids is 1. The first kappa shape index (κ1) is 9.66. The number of allylic oxidation sites excluding steroid dienone is 2. The summed E-state index contributed by atoms with van der Waals surface area (Å²) in [5, 5.41) is 2.06. The molecule has 1 aliphatic rings. The Bertz CT molecular complexity index is 371. The van der Waals surface area contributed by atoms with Crippen molar-refractivity contribution in [2.75, 3.05) is 0 Å². The molecular weight excluding hydrogens is 192 g/mol. The standard InChI is InChI=1S/C12H14OS/c1-12(2)6-5-9(13)8-10(12)11-4-3-7-14-11/h3-4,7-8H,5-6H2,1-2H3. The van der Waals surface area contributed by atoms with Crippen LogP contribution in [0.15, 0.2) is 23.6 Å². The SMILES string of the molecule is CC1(C)CCC(=O)C=C1c1cccs1. The second-order valence-corrected chi connectivity index (χ2v) is 5.33. The molecule has 0 atom stereocenters. The molecule has 0 radical (unpaired) electrons. The molecular formula is C12H14OS. The Morgan fingerprint density at radius 3 is 2.86 bits per heavy atom. The van der Waals surface area contributed by atoms with E-state index in [0.29, 0.717) is 6.42 Å². The Hall–Kier alpha value is -0.890. The lowest BCUT2D eigenvalue weighted by Gasteiger charge is -2.30. The van der Waals surface area contributed by atoms with Crippen molar-refractivity contribution in [2.45, 2.75) is 26.7 Å². The van der Waals surface area contributed by atoms with E-state index >= 15 is 0 Å². The van der Waals surface area contributed by atoms with Crippen molar-refractivity contribution in [3.63, 3.8) is 0 Å². The molecule has 0 unspecified atom stereocenters. The van der Waals surface area contributed by atoms with Gasteiger partial charge in [0, 0.05) is 11.3 Å². The highest BCUT2D eigenvalue weighted by molar-refractivity contribution is 7.11. The minimum atomic E-state index is 0.152. The Kier molecular flexibility index (Phi) is 2.31. The number of ketones is 1. The Morgan fingerprint density at radius 1 is 1.43 bits per heavy atom. The molecule has 1 aromatic rings. The zero-order valence-electron chi connectivity index (χ0n) is 8.54. The largest absolute Gasteiger partial charge is 0.295 e. The summed E-state index contributed by atoms with van der Waals surface area (Å²) in [4.78, 5) is 12.6. The summed E-state index contributed by atoms with van der Waals surface area (Å²) < 4.78 is 0. The molecule has 1 heterocycles. The molecule has 0 bridgehead atoms. The smallest absolute Gasteiger partial charge is 0.156 e. The first-order valence-corrected chi connectivity index (χ1v) is 5.76. The Morgan fingerprint density at radius 2 is 2.21 bits per heavy atom. The summed E-state index contributed by atoms with van der Waals surface area (Å²) >= 11 is 1.71. The summed E-state index contributed by atoms with van der Waals surface area (Å²) in [6.45, 7) is 4.43. The maximum absolute atomic E-state index is 11.4. The van der Waals surface area contributed by atoms with Crippen LogP contribution in [-0.4, -0.2) is 5.78 Å². The Balaban J connectivity index is 2.45. The van der Waals surface area contributed by atoms with E-state index in [-0.39, 0.29) is 11.2 Å². The highest BCUT2D eigenvalue weighted by Gasteiger charge is 2.29. The van der Waals surface area contributed by atoms with Crippen molar-refractivity contribution < 1.29 is 4.79 Å². The first-order chi connectivity index (χ1) is 6.59. The second kappa shape index (κ2) is 3.35. The van der Waals surface area contributed by atoms with Crippen molar-refractivity contribution in [1.82, 2.24) is 0 Å². The van der Waals surface area contributed by atoms with Gasteiger partial charge in [0.05, 0.1) is 0 Å². The summed E-state index contributed by atoms with van der Waals surface area (Å²) in [6, 6.07) is 4.13. The van der Waals surface area contributed by atoms with Gasteiger partial charge in [-0.05, 0) is 34.9 Å². The van der Waals surface area contributed by atoms with Gasteiger partial charge in [-0.2, -0.15) is 0 Å². The minimum absolute atomic E-state index is 0.152. The molecule has 2 heteroatoms. The summed E-state index contributed by atoms with van der Waals surface area (Å²) in [7, 11) is 0. The first-order valence-electron chi connectivity index (χ1n) is 4.88. The highest BCUT2D eigenvalue weighted by Crippen LogP contribution is 2.42. The van der Waals surface area contributed by atoms with Gasteiger partial charge >= 0.3 is 0 Å². The third kappa shape index (κ3) is 1.67. The zero-order valence-corrected chi connectivity index (χ0v) is 9.36. The summed E-state index contributed by atoms with van der Waals surface area (Å²) in [5.74, 6) is 0.271. The molecule has 0 amide bonds. The van der Waals surface area contributed by atoms with Crippen LogP contribution in [0.2, 0.25) is 0 Å². The molecule has 1 aliphatic carbocycles. The molecule has 1 aromatic heterocycles. The monoisotopic (exact) mass is 206 g/mol. The summed E-state index contributed by atoms with van der Waals surface area (Å²) in [5.41, 5.74) is 1.36. The van der Waals surface area contributed by atoms with Crippen molar-refractivity contribution >= 4 is 22.7 Å². The molecule has 0 N–H and O–H groups in total. The lowest BCUT2D eigenvalue weighted by molar-refractivity contribution is -0.115. The van der Waals surface area contributed by atoms with Crippen LogP contribution >= 0.6 is 11.3 Å². The highest BCUT2D eigenvalue weighted by atomic mass is 32.1. The minimum Gasteiger partial charge on any atom is -0.295 e. The Labute approximate surface area is 88.5 Å². The molecule has 1 nitrogen and oxygen atoms in total. The third-order valence-corrected chi connectivity index (χ3v) is 3.72. The van der Waals surface area contributed by atoms with Crippen LogP contribution in [0.1, 0.15) is 31.6 Å². The number of carbonyl (C=O) groups is 1. The van der Waals surface area contributed by atoms with Crippen LogP contribution in [0.25, 0.3) is 5.57 Å². The van der Waals surface area contributed by atoms with Gasteiger partial charge < -0.3 is 0 Å². The van der Waals surface area contributed by atoms with Crippen LogP contribution in [0.5, 0.6) is 0 Å². The van der Waals surface area contributed by atoms with Gasteiger partial charge in [-0.3, -0.25) is 4.79 Å². The van der Waals surface area contributed by atoms with E-state index in [0.717, 1.165) is 6.42 Å². The molecule has 0 fully saturated rings. The van der Waals surface area contributed by atoms with Crippen LogP contribution in [0.3, 0.4) is 0 Å². The van der Waals surface area contributed by atoms with E-state index in [9.17, 15) is 4.79 Å². The van der Waals surface area contributed by atoms with Crippen molar-refractivity contribution in [2.24, 2.45) is 5.41 Å². The predicted octanol–water partition coefficient (Wildman–Crippen LogP) is 3.52. The van der Waals surface area contributed by atoms with E-state index < -0.39 is 0 Å². The molecule has 2 rings (SSSR count). The van der Waals surface area contributed by atoms with E-state index in [1.54, 1.807) is 11.3 Å². The number of rotatable bonds is 1. The van der Waals surface area contributed by atoms with Crippen LogP contribution in [0, 0.1) is 5.41 Å². The molecule has 0 saturated carbocycles. The predicted molar refractivity (Wildman–Crippen MR) is 60.3 cm³/mol. The zero-order chi connectivity index (χ0) is 10.2. The third-order valence-electron chi connectivity index (χ3n) is 2.82. The van der Waals surface area contributed by atoms with Crippen molar-refractivity contribution in [3.05, 3.63) is 28.5 Å². The summed E-state index contributed by atoms with van der Waals surface area (Å²) in [6.07, 6.45) is 3.49. The van der Waals surface area contributed by atoms with Gasteiger partial charge in [0.2, 0.25) is 0 Å². The van der Waals surface area contributed by atoms with Gasteiger partial charge in [0.25, 0.3) is 0 Å². The normalized spacial score (nSPS) is 20.7. The number of hydrogen-bond acceptors (Lipinski definition) is 2. The molecule has 0 saturated heterocycles. The molecule has 0 spiro atoms. The van der Waals surface area contributed by atoms with E-state index in [4.69, 9.17) is 0 Å². The second-order valence-electron chi connectivity index (χ2n) is 4.39. The maximum atomic E-state index is 11.4. The van der Waals surface area contributed by atoms with Gasteiger partial charge in [0.1, 0.15) is 0 Å². The average molecular weight is 206 g/mol. The van der Waals surface area contributed by atoms with E-state index in [2.05, 4.69) is 25.3 Å².